The molecule has 0 bridgehead atoms. The van der Waals surface area contributed by atoms with Gasteiger partial charge in [-0.05, 0) is 24.6 Å². The highest BCUT2D eigenvalue weighted by Gasteiger charge is 2.25. The van der Waals surface area contributed by atoms with Gasteiger partial charge in [0.05, 0.1) is 18.4 Å². The summed E-state index contributed by atoms with van der Waals surface area (Å²) in [4.78, 5) is 36.9. The monoisotopic (exact) mass is 302 g/mol. The molecule has 1 atom stereocenters. The Morgan fingerprint density at radius 2 is 1.73 bits per heavy atom. The number of anilines is 2. The minimum atomic E-state index is -0.701. The summed E-state index contributed by atoms with van der Waals surface area (Å²) in [5, 5.41) is 2.76. The van der Waals surface area contributed by atoms with Crippen LogP contribution in [0.4, 0.5) is 11.4 Å². The normalized spacial score (nSPS) is 12.0. The van der Waals surface area contributed by atoms with Gasteiger partial charge in [-0.25, -0.2) is 4.79 Å². The minimum Gasteiger partial charge on any atom is -0.467 e. The second-order valence-electron chi connectivity index (χ2n) is 5.24. The lowest BCUT2D eigenvalue weighted by atomic mass is 9.97. The average Bonchev–Trinajstić information content (AvgIpc) is 2.53. The van der Waals surface area contributed by atoms with Crippen molar-refractivity contribution in [3.05, 3.63) is 44.7 Å². The molecule has 2 rings (SSSR count). The zero-order chi connectivity index (χ0) is 16.4. The van der Waals surface area contributed by atoms with Crippen molar-refractivity contribution in [1.82, 2.24) is 0 Å². The number of ether oxygens (including phenoxy) is 1. The van der Waals surface area contributed by atoms with Gasteiger partial charge in [0.1, 0.15) is 6.04 Å². The SMILES string of the molecule is COC(=O)C(C)Nc1c(-c2ccc(N(C)C)cc2)c(=O)c1=O. The van der Waals surface area contributed by atoms with E-state index in [1.165, 1.54) is 7.11 Å². The van der Waals surface area contributed by atoms with Gasteiger partial charge in [-0.2, -0.15) is 0 Å². The molecule has 1 unspecified atom stereocenters. The minimum absolute atomic E-state index is 0.167. The van der Waals surface area contributed by atoms with E-state index in [0.29, 0.717) is 11.1 Å². The zero-order valence-corrected chi connectivity index (χ0v) is 13.0. The Hall–Kier alpha value is -2.63. The Morgan fingerprint density at radius 3 is 2.23 bits per heavy atom. The van der Waals surface area contributed by atoms with Crippen molar-refractivity contribution in [1.29, 1.82) is 0 Å². The number of hydrogen-bond donors (Lipinski definition) is 1. The number of nitrogens with zero attached hydrogens (tertiary/aromatic N) is 1. The summed E-state index contributed by atoms with van der Waals surface area (Å²) in [6.07, 6.45) is 0. The summed E-state index contributed by atoms with van der Waals surface area (Å²) >= 11 is 0. The van der Waals surface area contributed by atoms with Crippen molar-refractivity contribution in [2.75, 3.05) is 31.4 Å². The molecule has 0 radical (unpaired) electrons. The van der Waals surface area contributed by atoms with E-state index >= 15 is 0 Å². The quantitative estimate of drug-likeness (QED) is 0.656. The van der Waals surface area contributed by atoms with Crippen LogP contribution >= 0.6 is 0 Å². The Balaban J connectivity index is 2.33. The van der Waals surface area contributed by atoms with Crippen LogP contribution < -0.4 is 21.1 Å². The molecule has 6 nitrogen and oxygen atoms in total. The second kappa shape index (κ2) is 6.01. The number of nitrogens with one attached hydrogen (secondary N) is 1. The lowest BCUT2D eigenvalue weighted by Crippen LogP contribution is -2.40. The van der Waals surface area contributed by atoms with Gasteiger partial charge >= 0.3 is 5.97 Å². The fourth-order valence-electron chi connectivity index (χ4n) is 2.18. The Morgan fingerprint density at radius 1 is 1.14 bits per heavy atom. The van der Waals surface area contributed by atoms with Gasteiger partial charge in [-0.1, -0.05) is 12.1 Å². The van der Waals surface area contributed by atoms with Gasteiger partial charge in [0.25, 0.3) is 0 Å². The standard InChI is InChI=1S/C16H18N2O4/c1-9(16(21)22-4)17-13-12(14(19)15(13)20)10-5-7-11(8-6-10)18(2)3/h5-9,17H,1-4H3. The zero-order valence-electron chi connectivity index (χ0n) is 13.0. The van der Waals surface area contributed by atoms with Crippen LogP contribution in [0.15, 0.2) is 33.9 Å². The van der Waals surface area contributed by atoms with Crippen LogP contribution in [0.3, 0.4) is 0 Å². The van der Waals surface area contributed by atoms with Crippen LogP contribution in [-0.4, -0.2) is 33.2 Å². The fourth-order valence-corrected chi connectivity index (χ4v) is 2.18. The molecule has 2 aromatic carbocycles. The molecule has 0 aliphatic rings. The Bertz CT molecular complexity index is 755. The first-order valence-electron chi connectivity index (χ1n) is 6.82. The molecule has 1 N–H and O–H groups in total. The van der Waals surface area contributed by atoms with E-state index < -0.39 is 22.9 Å². The fraction of sp³-hybridized carbons (Fsp3) is 0.312. The summed E-state index contributed by atoms with van der Waals surface area (Å²) in [5.41, 5.74) is 0.959. The summed E-state index contributed by atoms with van der Waals surface area (Å²) < 4.78 is 4.60. The van der Waals surface area contributed by atoms with E-state index in [1.54, 1.807) is 19.1 Å². The van der Waals surface area contributed by atoms with Gasteiger partial charge in [0.15, 0.2) is 0 Å². The highest BCUT2D eigenvalue weighted by molar-refractivity contribution is 5.86. The molecule has 0 spiro atoms. The Kier molecular flexibility index (Phi) is 4.30. The Labute approximate surface area is 128 Å². The smallest absolute Gasteiger partial charge is 0.327 e. The number of carbonyl (C=O) groups is 1. The van der Waals surface area contributed by atoms with Crippen molar-refractivity contribution in [3.63, 3.8) is 0 Å². The number of benzene rings is 1. The summed E-state index contributed by atoms with van der Waals surface area (Å²) in [6, 6.07) is 6.58. The second-order valence-corrected chi connectivity index (χ2v) is 5.24. The molecular formula is C16H18N2O4. The number of carbonyl (C=O) groups excluding carboxylic acids is 1. The third-order valence-electron chi connectivity index (χ3n) is 3.50. The third-order valence-corrected chi connectivity index (χ3v) is 3.50. The highest BCUT2D eigenvalue weighted by atomic mass is 16.5. The molecule has 22 heavy (non-hydrogen) atoms. The van der Waals surface area contributed by atoms with Gasteiger partial charge in [-0.3, -0.25) is 9.59 Å². The van der Waals surface area contributed by atoms with Crippen LogP contribution in [-0.2, 0) is 9.53 Å². The summed E-state index contributed by atoms with van der Waals surface area (Å²) in [6.45, 7) is 1.57. The molecule has 116 valence electrons. The van der Waals surface area contributed by atoms with Crippen LogP contribution in [0.5, 0.6) is 0 Å². The van der Waals surface area contributed by atoms with Crippen molar-refractivity contribution in [3.8, 4) is 11.1 Å². The molecule has 0 saturated carbocycles. The van der Waals surface area contributed by atoms with E-state index in [4.69, 9.17) is 0 Å². The van der Waals surface area contributed by atoms with Crippen molar-refractivity contribution >= 4 is 17.3 Å². The molecule has 0 saturated heterocycles. The molecule has 2 aromatic rings. The van der Waals surface area contributed by atoms with Crippen molar-refractivity contribution in [2.24, 2.45) is 0 Å². The van der Waals surface area contributed by atoms with Crippen molar-refractivity contribution < 1.29 is 9.53 Å². The molecule has 0 fully saturated rings. The van der Waals surface area contributed by atoms with E-state index in [2.05, 4.69) is 10.1 Å². The van der Waals surface area contributed by atoms with Crippen molar-refractivity contribution in [2.45, 2.75) is 13.0 Å². The number of methoxy groups -OCH3 is 1. The van der Waals surface area contributed by atoms with Gasteiger partial charge in [0.2, 0.25) is 10.9 Å². The van der Waals surface area contributed by atoms with Crippen LogP contribution in [0, 0.1) is 0 Å². The number of hydrogen-bond acceptors (Lipinski definition) is 6. The maximum absolute atomic E-state index is 11.8. The first-order valence-corrected chi connectivity index (χ1v) is 6.82. The van der Waals surface area contributed by atoms with Crippen LogP contribution in [0.2, 0.25) is 0 Å². The molecule has 0 aliphatic heterocycles. The number of esters is 1. The van der Waals surface area contributed by atoms with Gasteiger partial charge < -0.3 is 15.0 Å². The van der Waals surface area contributed by atoms with Crippen LogP contribution in [0.1, 0.15) is 6.92 Å². The first-order chi connectivity index (χ1) is 10.4. The molecule has 6 heteroatoms. The first kappa shape index (κ1) is 15.8. The summed E-state index contributed by atoms with van der Waals surface area (Å²) in [7, 11) is 5.10. The molecule has 0 amide bonds. The molecule has 0 heterocycles. The van der Waals surface area contributed by atoms with Gasteiger partial charge in [-0.15, -0.1) is 0 Å². The van der Waals surface area contributed by atoms with E-state index in [-0.39, 0.29) is 5.69 Å². The molecule has 0 aromatic heterocycles. The third kappa shape index (κ3) is 2.72. The summed E-state index contributed by atoms with van der Waals surface area (Å²) in [5.74, 6) is -0.498. The van der Waals surface area contributed by atoms with E-state index in [9.17, 15) is 14.4 Å². The van der Waals surface area contributed by atoms with E-state index in [0.717, 1.165) is 5.69 Å². The maximum Gasteiger partial charge on any atom is 0.327 e. The van der Waals surface area contributed by atoms with Gasteiger partial charge in [0, 0.05) is 19.8 Å². The predicted molar refractivity (Wildman–Crippen MR) is 86.2 cm³/mol. The maximum atomic E-state index is 11.8. The molecular weight excluding hydrogens is 284 g/mol. The lowest BCUT2D eigenvalue weighted by Gasteiger charge is -2.18. The van der Waals surface area contributed by atoms with Crippen LogP contribution in [0.25, 0.3) is 11.1 Å². The highest BCUT2D eigenvalue weighted by Crippen LogP contribution is 2.26. The lowest BCUT2D eigenvalue weighted by molar-refractivity contribution is -0.141. The molecule has 0 aliphatic carbocycles. The van der Waals surface area contributed by atoms with E-state index in [1.807, 2.05) is 31.1 Å². The largest absolute Gasteiger partial charge is 0.467 e. The topological polar surface area (TPSA) is 75.7 Å². The average molecular weight is 302 g/mol. The predicted octanol–water partition coefficient (Wildman–Crippen LogP) is 0.989. The number of rotatable bonds is 5.